The van der Waals surface area contributed by atoms with Crippen LogP contribution in [0.25, 0.3) is 0 Å². The molecular formula is C13H15N5O3S. The van der Waals surface area contributed by atoms with E-state index in [1.165, 1.54) is 17.8 Å². The summed E-state index contributed by atoms with van der Waals surface area (Å²) < 4.78 is 7.28. The van der Waals surface area contributed by atoms with Crippen LogP contribution in [0.3, 0.4) is 0 Å². The van der Waals surface area contributed by atoms with Crippen LogP contribution in [-0.4, -0.2) is 37.8 Å². The van der Waals surface area contributed by atoms with Crippen molar-refractivity contribution in [1.29, 1.82) is 0 Å². The van der Waals surface area contributed by atoms with Crippen LogP contribution in [0.2, 0.25) is 0 Å². The maximum atomic E-state index is 11.0. The van der Waals surface area contributed by atoms with Gasteiger partial charge in [-0.3, -0.25) is 10.1 Å². The molecule has 0 N–H and O–H groups in total. The summed E-state index contributed by atoms with van der Waals surface area (Å²) in [5.74, 6) is 0.447. The molecule has 116 valence electrons. The van der Waals surface area contributed by atoms with Crippen molar-refractivity contribution in [3.05, 3.63) is 39.9 Å². The van der Waals surface area contributed by atoms with Crippen LogP contribution in [0.5, 0.6) is 0 Å². The fourth-order valence-electron chi connectivity index (χ4n) is 2.35. The Morgan fingerprint density at radius 3 is 3.09 bits per heavy atom. The first kappa shape index (κ1) is 14.9. The molecule has 1 saturated heterocycles. The number of benzene rings is 1. The molecule has 1 aromatic carbocycles. The molecule has 0 aliphatic carbocycles. The Kier molecular flexibility index (Phi) is 4.64. The first-order valence-corrected chi connectivity index (χ1v) is 7.95. The van der Waals surface area contributed by atoms with Crippen LogP contribution in [0.15, 0.2) is 29.4 Å². The highest BCUT2D eigenvalue weighted by molar-refractivity contribution is 7.98. The van der Waals surface area contributed by atoms with Crippen LogP contribution in [0.1, 0.15) is 18.4 Å². The van der Waals surface area contributed by atoms with E-state index in [1.54, 1.807) is 22.9 Å². The van der Waals surface area contributed by atoms with Crippen molar-refractivity contribution in [2.75, 3.05) is 6.61 Å². The maximum Gasteiger partial charge on any atom is 0.273 e. The lowest BCUT2D eigenvalue weighted by atomic mass is 10.2. The summed E-state index contributed by atoms with van der Waals surface area (Å²) in [5.41, 5.74) is 0.775. The molecule has 0 amide bonds. The SMILES string of the molecule is O=[N+]([O-])c1ccccc1CSc1nnnn1CC1CCCO1. The molecule has 1 aromatic heterocycles. The zero-order valence-electron chi connectivity index (χ0n) is 11.8. The van der Waals surface area contributed by atoms with E-state index < -0.39 is 0 Å². The van der Waals surface area contributed by atoms with Gasteiger partial charge in [0.25, 0.3) is 5.69 Å². The van der Waals surface area contributed by atoms with E-state index in [2.05, 4.69) is 15.5 Å². The molecule has 1 atom stereocenters. The predicted molar refractivity (Wildman–Crippen MR) is 79.4 cm³/mol. The highest BCUT2D eigenvalue weighted by atomic mass is 32.2. The number of thioether (sulfide) groups is 1. The summed E-state index contributed by atoms with van der Waals surface area (Å²) in [5, 5.41) is 23.3. The Labute approximate surface area is 131 Å². The standard InChI is InChI=1S/C13H15N5O3S/c19-18(20)12-6-2-1-4-10(12)9-22-13-14-15-16-17(13)8-11-5-3-7-21-11/h1-2,4,6,11H,3,5,7-9H2. The second-order valence-electron chi connectivity index (χ2n) is 4.95. The van der Waals surface area contributed by atoms with Gasteiger partial charge in [-0.15, -0.1) is 5.10 Å². The molecule has 0 saturated carbocycles. The first-order valence-electron chi connectivity index (χ1n) is 6.97. The van der Waals surface area contributed by atoms with Crippen LogP contribution in [0.4, 0.5) is 5.69 Å². The van der Waals surface area contributed by atoms with E-state index in [4.69, 9.17) is 4.74 Å². The molecule has 22 heavy (non-hydrogen) atoms. The average Bonchev–Trinajstić information content (AvgIpc) is 3.18. The normalized spacial score (nSPS) is 17.7. The molecular weight excluding hydrogens is 306 g/mol. The third-order valence-electron chi connectivity index (χ3n) is 3.44. The highest BCUT2D eigenvalue weighted by Crippen LogP contribution is 2.26. The third-order valence-corrected chi connectivity index (χ3v) is 4.45. The summed E-state index contributed by atoms with van der Waals surface area (Å²) in [4.78, 5) is 10.6. The van der Waals surface area contributed by atoms with Gasteiger partial charge in [0.2, 0.25) is 5.16 Å². The topological polar surface area (TPSA) is 96.0 Å². The van der Waals surface area contributed by atoms with E-state index in [-0.39, 0.29) is 16.7 Å². The van der Waals surface area contributed by atoms with Gasteiger partial charge < -0.3 is 4.74 Å². The lowest BCUT2D eigenvalue weighted by molar-refractivity contribution is -0.385. The molecule has 2 aromatic rings. The van der Waals surface area contributed by atoms with E-state index in [0.717, 1.165) is 19.4 Å². The van der Waals surface area contributed by atoms with Gasteiger partial charge in [0.05, 0.1) is 17.6 Å². The first-order chi connectivity index (χ1) is 10.7. The lowest BCUT2D eigenvalue weighted by Gasteiger charge is -2.10. The molecule has 2 heterocycles. The molecule has 0 bridgehead atoms. The summed E-state index contributed by atoms with van der Waals surface area (Å²) in [6, 6.07) is 6.70. The number of tetrazole rings is 1. The molecule has 8 nitrogen and oxygen atoms in total. The smallest absolute Gasteiger partial charge is 0.273 e. The molecule has 9 heteroatoms. The Balaban J connectivity index is 1.67. The number of ether oxygens (including phenoxy) is 1. The van der Waals surface area contributed by atoms with Crippen molar-refractivity contribution >= 4 is 17.4 Å². The van der Waals surface area contributed by atoms with E-state index >= 15 is 0 Å². The van der Waals surface area contributed by atoms with Crippen molar-refractivity contribution in [3.63, 3.8) is 0 Å². The summed E-state index contributed by atoms with van der Waals surface area (Å²) in [6.45, 7) is 1.40. The minimum atomic E-state index is -0.370. The highest BCUT2D eigenvalue weighted by Gasteiger charge is 2.19. The van der Waals surface area contributed by atoms with Gasteiger partial charge in [0.1, 0.15) is 0 Å². The van der Waals surface area contributed by atoms with Crippen LogP contribution in [-0.2, 0) is 17.0 Å². The number of rotatable bonds is 6. The van der Waals surface area contributed by atoms with Crippen molar-refractivity contribution < 1.29 is 9.66 Å². The van der Waals surface area contributed by atoms with Gasteiger partial charge in [-0.05, 0) is 23.3 Å². The van der Waals surface area contributed by atoms with Gasteiger partial charge in [-0.2, -0.15) is 0 Å². The van der Waals surface area contributed by atoms with Gasteiger partial charge in [0, 0.05) is 24.0 Å². The zero-order chi connectivity index (χ0) is 15.4. The Morgan fingerprint density at radius 2 is 2.32 bits per heavy atom. The van der Waals surface area contributed by atoms with Crippen LogP contribution < -0.4 is 0 Å². The minimum absolute atomic E-state index is 0.119. The van der Waals surface area contributed by atoms with Crippen LogP contribution in [0, 0.1) is 10.1 Å². The molecule has 0 radical (unpaired) electrons. The van der Waals surface area contributed by atoms with Crippen LogP contribution >= 0.6 is 11.8 Å². The van der Waals surface area contributed by atoms with E-state index in [1.807, 2.05) is 0 Å². The zero-order valence-corrected chi connectivity index (χ0v) is 12.6. The Hall–Kier alpha value is -2.00. The van der Waals surface area contributed by atoms with Gasteiger partial charge >= 0.3 is 0 Å². The third kappa shape index (κ3) is 3.42. The molecule has 1 unspecified atom stereocenters. The van der Waals surface area contributed by atoms with Crippen molar-refractivity contribution in [1.82, 2.24) is 20.2 Å². The second-order valence-corrected chi connectivity index (χ2v) is 5.90. The van der Waals surface area contributed by atoms with Crippen molar-refractivity contribution in [3.8, 4) is 0 Å². The fraction of sp³-hybridized carbons (Fsp3) is 0.462. The number of para-hydroxylation sites is 1. The quantitative estimate of drug-likeness (QED) is 0.456. The molecule has 1 fully saturated rings. The number of aromatic nitrogens is 4. The summed E-state index contributed by atoms with van der Waals surface area (Å²) in [7, 11) is 0. The van der Waals surface area contributed by atoms with E-state index in [9.17, 15) is 10.1 Å². The van der Waals surface area contributed by atoms with E-state index in [0.29, 0.717) is 23.0 Å². The minimum Gasteiger partial charge on any atom is -0.376 e. The monoisotopic (exact) mass is 321 g/mol. The lowest BCUT2D eigenvalue weighted by Crippen LogP contribution is -2.16. The van der Waals surface area contributed by atoms with Crippen molar-refractivity contribution in [2.24, 2.45) is 0 Å². The average molecular weight is 321 g/mol. The number of hydrogen-bond acceptors (Lipinski definition) is 7. The molecule has 1 aliphatic rings. The fourth-order valence-corrected chi connectivity index (χ4v) is 3.23. The molecule has 3 rings (SSSR count). The second kappa shape index (κ2) is 6.84. The number of hydrogen-bond donors (Lipinski definition) is 0. The predicted octanol–water partition coefficient (Wildman–Crippen LogP) is 2.05. The largest absolute Gasteiger partial charge is 0.376 e. The molecule has 0 spiro atoms. The number of nitro benzene ring substituents is 1. The number of nitrogens with zero attached hydrogens (tertiary/aromatic N) is 5. The van der Waals surface area contributed by atoms with Gasteiger partial charge in [0.15, 0.2) is 0 Å². The molecule has 1 aliphatic heterocycles. The summed E-state index contributed by atoms with van der Waals surface area (Å²) >= 11 is 1.39. The Morgan fingerprint density at radius 1 is 1.45 bits per heavy atom. The summed E-state index contributed by atoms with van der Waals surface area (Å²) in [6.07, 6.45) is 2.22. The van der Waals surface area contributed by atoms with Gasteiger partial charge in [-0.25, -0.2) is 4.68 Å². The van der Waals surface area contributed by atoms with Gasteiger partial charge in [-0.1, -0.05) is 30.0 Å². The Bertz CT molecular complexity index is 657. The maximum absolute atomic E-state index is 11.0. The van der Waals surface area contributed by atoms with Crippen molar-refractivity contribution in [2.45, 2.75) is 36.4 Å². The number of nitro groups is 1.